The van der Waals surface area contributed by atoms with Crippen LogP contribution in [0.1, 0.15) is 31.4 Å². The molecule has 0 aliphatic carbocycles. The summed E-state index contributed by atoms with van der Waals surface area (Å²) in [6.45, 7) is 3.02. The van der Waals surface area contributed by atoms with Crippen molar-refractivity contribution >= 4 is 34.6 Å². The molecule has 11 nitrogen and oxygen atoms in total. The van der Waals surface area contributed by atoms with Crippen molar-refractivity contribution in [2.75, 3.05) is 6.61 Å². The van der Waals surface area contributed by atoms with Gasteiger partial charge in [0.05, 0.1) is 6.61 Å². The second-order valence-electron chi connectivity index (χ2n) is 9.87. The number of H-pyrrole nitrogens is 1. The van der Waals surface area contributed by atoms with E-state index in [1.807, 2.05) is 37.3 Å². The molecule has 0 fully saturated rings. The first-order valence-electron chi connectivity index (χ1n) is 13.2. The first-order chi connectivity index (χ1) is 19.1. The Bertz CT molecular complexity index is 1310. The van der Waals surface area contributed by atoms with Gasteiger partial charge in [0, 0.05) is 29.9 Å². The summed E-state index contributed by atoms with van der Waals surface area (Å²) in [7, 11) is 0. The van der Waals surface area contributed by atoms with E-state index in [1.165, 1.54) is 0 Å². The minimum Gasteiger partial charge on any atom is -0.480 e. The number of aliphatic hydroxyl groups is 1. The van der Waals surface area contributed by atoms with Crippen LogP contribution in [0.15, 0.2) is 60.8 Å². The van der Waals surface area contributed by atoms with E-state index in [4.69, 9.17) is 5.73 Å². The highest BCUT2D eigenvalue weighted by Gasteiger charge is 2.32. The third kappa shape index (κ3) is 7.90. The number of hydrogen-bond donors (Lipinski definition) is 7. The van der Waals surface area contributed by atoms with Crippen LogP contribution in [-0.4, -0.2) is 69.7 Å². The molecule has 214 valence electrons. The van der Waals surface area contributed by atoms with Gasteiger partial charge in [0.15, 0.2) is 0 Å². The number of para-hydroxylation sites is 1. The van der Waals surface area contributed by atoms with Crippen LogP contribution in [0.5, 0.6) is 0 Å². The molecule has 2 aromatic carbocycles. The summed E-state index contributed by atoms with van der Waals surface area (Å²) in [5.74, 6) is -3.52. The number of aliphatic hydroxyl groups excluding tert-OH is 1. The molecule has 5 atom stereocenters. The second kappa shape index (κ2) is 14.2. The number of carbonyl (C=O) groups is 4. The molecule has 3 rings (SSSR count). The Hall–Kier alpha value is -4.22. The average molecular weight is 552 g/mol. The molecule has 40 heavy (non-hydrogen) atoms. The fourth-order valence-corrected chi connectivity index (χ4v) is 4.36. The third-order valence-electron chi connectivity index (χ3n) is 6.96. The lowest BCUT2D eigenvalue weighted by atomic mass is 9.96. The van der Waals surface area contributed by atoms with Gasteiger partial charge >= 0.3 is 5.97 Å². The van der Waals surface area contributed by atoms with Crippen molar-refractivity contribution in [1.29, 1.82) is 0 Å². The van der Waals surface area contributed by atoms with Gasteiger partial charge in [-0.25, -0.2) is 4.79 Å². The first kappa shape index (κ1) is 30.3. The van der Waals surface area contributed by atoms with Crippen molar-refractivity contribution in [1.82, 2.24) is 20.9 Å². The van der Waals surface area contributed by atoms with Crippen LogP contribution in [0.3, 0.4) is 0 Å². The predicted octanol–water partition coefficient (Wildman–Crippen LogP) is 0.858. The fourth-order valence-electron chi connectivity index (χ4n) is 4.36. The summed E-state index contributed by atoms with van der Waals surface area (Å²) in [6, 6.07) is 11.8. The zero-order chi connectivity index (χ0) is 29.2. The molecule has 1 heterocycles. The van der Waals surface area contributed by atoms with E-state index in [9.17, 15) is 29.4 Å². The van der Waals surface area contributed by atoms with E-state index < -0.39 is 54.5 Å². The van der Waals surface area contributed by atoms with Gasteiger partial charge in [-0.2, -0.15) is 0 Å². The van der Waals surface area contributed by atoms with Crippen molar-refractivity contribution in [3.05, 3.63) is 71.9 Å². The van der Waals surface area contributed by atoms with Crippen molar-refractivity contribution in [2.24, 2.45) is 11.7 Å². The van der Waals surface area contributed by atoms with Crippen LogP contribution in [0.2, 0.25) is 0 Å². The van der Waals surface area contributed by atoms with E-state index >= 15 is 0 Å². The number of nitrogens with two attached hydrogens (primary N) is 1. The van der Waals surface area contributed by atoms with E-state index in [1.54, 1.807) is 37.4 Å². The topological polar surface area (TPSA) is 187 Å². The monoisotopic (exact) mass is 551 g/mol. The molecule has 5 unspecified atom stereocenters. The third-order valence-corrected chi connectivity index (χ3v) is 6.96. The maximum atomic E-state index is 13.5. The molecule has 1 aromatic heterocycles. The molecule has 0 spiro atoms. The lowest BCUT2D eigenvalue weighted by molar-refractivity contribution is -0.142. The highest BCUT2D eigenvalue weighted by atomic mass is 16.4. The van der Waals surface area contributed by atoms with Crippen molar-refractivity contribution in [3.63, 3.8) is 0 Å². The lowest BCUT2D eigenvalue weighted by Gasteiger charge is -2.28. The van der Waals surface area contributed by atoms with Crippen LogP contribution >= 0.6 is 0 Å². The maximum absolute atomic E-state index is 13.5. The lowest BCUT2D eigenvalue weighted by Crippen LogP contribution is -2.59. The number of aromatic nitrogens is 1. The number of hydrogen-bond acceptors (Lipinski definition) is 6. The number of amides is 3. The first-order valence-corrected chi connectivity index (χ1v) is 13.2. The minimum absolute atomic E-state index is 0.0295. The SMILES string of the molecule is CCC(C)C(NC(=O)C(N)CO)C(=O)NC(Cc1ccccc1)C(=O)NC(Cc1c[nH]c2ccccc12)C(=O)O. The summed E-state index contributed by atoms with van der Waals surface area (Å²) in [4.78, 5) is 54.5. The molecule has 11 heteroatoms. The van der Waals surface area contributed by atoms with Gasteiger partial charge in [-0.15, -0.1) is 0 Å². The Morgan fingerprint density at radius 2 is 1.52 bits per heavy atom. The summed E-state index contributed by atoms with van der Waals surface area (Å²) in [5, 5.41) is 27.9. The molecule has 0 saturated carbocycles. The molecule has 8 N–H and O–H groups in total. The molecule has 0 aliphatic heterocycles. The number of aromatic amines is 1. The molecule has 0 radical (unpaired) electrons. The van der Waals surface area contributed by atoms with Gasteiger partial charge in [0.1, 0.15) is 24.2 Å². The van der Waals surface area contributed by atoms with Gasteiger partial charge in [-0.3, -0.25) is 14.4 Å². The summed E-state index contributed by atoms with van der Waals surface area (Å²) >= 11 is 0. The predicted molar refractivity (Wildman–Crippen MR) is 150 cm³/mol. The van der Waals surface area contributed by atoms with Gasteiger partial charge in [0.2, 0.25) is 17.7 Å². The number of fused-ring (bicyclic) bond motifs is 1. The van der Waals surface area contributed by atoms with E-state index in [0.29, 0.717) is 6.42 Å². The largest absolute Gasteiger partial charge is 0.480 e. The smallest absolute Gasteiger partial charge is 0.326 e. The van der Waals surface area contributed by atoms with Gasteiger partial charge in [-0.05, 0) is 23.1 Å². The number of nitrogens with one attached hydrogen (secondary N) is 4. The Kier molecular flexibility index (Phi) is 10.8. The molecule has 0 aliphatic rings. The standard InChI is InChI=1S/C29H37N5O6/c1-3-17(2)25(34-26(36)21(30)16-35)28(38)32-23(13-18-9-5-4-6-10-18)27(37)33-24(29(39)40)14-19-15-31-22-12-8-7-11-20(19)22/h4-12,15,17,21,23-25,31,35H,3,13-14,16,30H2,1-2H3,(H,32,38)(H,33,37)(H,34,36)(H,39,40). The van der Waals surface area contributed by atoms with E-state index in [-0.39, 0.29) is 18.8 Å². The molecule has 0 saturated heterocycles. The molecular formula is C29H37N5O6. The zero-order valence-corrected chi connectivity index (χ0v) is 22.6. The number of carboxylic acids is 1. The number of carboxylic acid groups (broad SMARTS) is 1. The Morgan fingerprint density at radius 3 is 2.17 bits per heavy atom. The Balaban J connectivity index is 1.83. The summed E-state index contributed by atoms with van der Waals surface area (Å²) < 4.78 is 0. The quantitative estimate of drug-likeness (QED) is 0.155. The normalized spacial score (nSPS) is 14.9. The van der Waals surface area contributed by atoms with Crippen LogP contribution < -0.4 is 21.7 Å². The van der Waals surface area contributed by atoms with Gasteiger partial charge < -0.3 is 36.9 Å². The van der Waals surface area contributed by atoms with Gasteiger partial charge in [0.25, 0.3) is 0 Å². The van der Waals surface area contributed by atoms with Crippen molar-refractivity contribution in [3.8, 4) is 0 Å². The minimum atomic E-state index is -1.26. The molecule has 3 aromatic rings. The Morgan fingerprint density at radius 1 is 0.875 bits per heavy atom. The molecule has 0 bridgehead atoms. The van der Waals surface area contributed by atoms with Gasteiger partial charge in [-0.1, -0.05) is 68.8 Å². The van der Waals surface area contributed by atoms with Crippen molar-refractivity contribution < 1.29 is 29.4 Å². The summed E-state index contributed by atoms with van der Waals surface area (Å²) in [6.07, 6.45) is 2.37. The zero-order valence-electron chi connectivity index (χ0n) is 22.6. The number of benzene rings is 2. The molecular weight excluding hydrogens is 514 g/mol. The van der Waals surface area contributed by atoms with Crippen LogP contribution in [0.4, 0.5) is 0 Å². The van der Waals surface area contributed by atoms with E-state index in [2.05, 4.69) is 20.9 Å². The Labute approximate surface area is 232 Å². The highest BCUT2D eigenvalue weighted by Crippen LogP contribution is 2.19. The number of aliphatic carboxylic acids is 1. The summed E-state index contributed by atoms with van der Waals surface area (Å²) in [5.41, 5.74) is 7.94. The fraction of sp³-hybridized carbons (Fsp3) is 0.379. The highest BCUT2D eigenvalue weighted by molar-refractivity contribution is 5.94. The average Bonchev–Trinajstić information content (AvgIpc) is 3.37. The maximum Gasteiger partial charge on any atom is 0.326 e. The molecule has 3 amide bonds. The second-order valence-corrected chi connectivity index (χ2v) is 9.87. The number of carbonyl (C=O) groups excluding carboxylic acids is 3. The van der Waals surface area contributed by atoms with E-state index in [0.717, 1.165) is 22.0 Å². The van der Waals surface area contributed by atoms with Crippen LogP contribution in [0.25, 0.3) is 10.9 Å². The van der Waals surface area contributed by atoms with Crippen molar-refractivity contribution in [2.45, 2.75) is 57.3 Å². The van der Waals surface area contributed by atoms with Crippen LogP contribution in [-0.2, 0) is 32.0 Å². The van der Waals surface area contributed by atoms with Crippen LogP contribution in [0, 0.1) is 5.92 Å². The number of rotatable bonds is 14.